The molecule has 0 fully saturated rings. The number of unbranched alkanes of at least 4 members (excludes halogenated alkanes) is 18. The van der Waals surface area contributed by atoms with Gasteiger partial charge in [0, 0.05) is 12.8 Å². The molecule has 0 aromatic carbocycles. The highest BCUT2D eigenvalue weighted by Gasteiger charge is 2.17. The van der Waals surface area contributed by atoms with Crippen molar-refractivity contribution in [2.24, 2.45) is 0 Å². The van der Waals surface area contributed by atoms with E-state index in [4.69, 9.17) is 14.2 Å². The van der Waals surface area contributed by atoms with Crippen LogP contribution in [0.3, 0.4) is 0 Å². The Balaban J connectivity index is 4.39. The molecule has 0 aliphatic rings. The Labute approximate surface area is 395 Å². The van der Waals surface area contributed by atoms with Gasteiger partial charge in [0.1, 0.15) is 6.61 Å². The summed E-state index contributed by atoms with van der Waals surface area (Å²) in [6.45, 7) is 7.38. The highest BCUT2D eigenvalue weighted by atomic mass is 16.6. The second-order valence-corrected chi connectivity index (χ2v) is 17.0. The van der Waals surface area contributed by atoms with Crippen molar-refractivity contribution >= 4 is 11.9 Å². The Kier molecular flexibility index (Phi) is 51.0. The van der Waals surface area contributed by atoms with Gasteiger partial charge in [0.2, 0.25) is 0 Å². The molecule has 0 aliphatic heterocycles. The van der Waals surface area contributed by atoms with Gasteiger partial charge in [0.15, 0.2) is 6.10 Å². The second kappa shape index (κ2) is 53.9. The van der Waals surface area contributed by atoms with Crippen molar-refractivity contribution in [3.8, 4) is 0 Å². The molecule has 364 valence electrons. The Hall–Kier alpha value is -3.44. The number of carbonyl (C=O) groups is 2. The summed E-state index contributed by atoms with van der Waals surface area (Å²) in [5.74, 6) is -0.455. The van der Waals surface area contributed by atoms with Crippen LogP contribution in [-0.4, -0.2) is 37.9 Å². The van der Waals surface area contributed by atoms with Gasteiger partial charge in [0.05, 0.1) is 13.2 Å². The summed E-state index contributed by atoms with van der Waals surface area (Å²) in [7, 11) is 0. The highest BCUT2D eigenvalue weighted by Crippen LogP contribution is 2.14. The van der Waals surface area contributed by atoms with Crippen LogP contribution in [0.25, 0.3) is 0 Å². The van der Waals surface area contributed by atoms with Gasteiger partial charge < -0.3 is 14.2 Å². The molecule has 0 N–H and O–H groups in total. The fourth-order valence-corrected chi connectivity index (χ4v) is 6.98. The van der Waals surface area contributed by atoms with Crippen LogP contribution in [0.5, 0.6) is 0 Å². The van der Waals surface area contributed by atoms with E-state index in [1.54, 1.807) is 0 Å². The summed E-state index contributed by atoms with van der Waals surface area (Å²) in [5, 5.41) is 0. The van der Waals surface area contributed by atoms with Crippen LogP contribution in [0.1, 0.15) is 226 Å². The maximum atomic E-state index is 12.8. The van der Waals surface area contributed by atoms with Gasteiger partial charge in [-0.3, -0.25) is 9.59 Å². The summed E-state index contributed by atoms with van der Waals surface area (Å²) in [4.78, 5) is 25.4. The highest BCUT2D eigenvalue weighted by molar-refractivity contribution is 5.70. The summed E-state index contributed by atoms with van der Waals surface area (Å²) >= 11 is 0. The van der Waals surface area contributed by atoms with E-state index in [1.165, 1.54) is 83.5 Å². The van der Waals surface area contributed by atoms with E-state index in [-0.39, 0.29) is 25.2 Å². The van der Waals surface area contributed by atoms with Crippen molar-refractivity contribution < 1.29 is 23.8 Å². The third kappa shape index (κ3) is 51.2. The van der Waals surface area contributed by atoms with E-state index >= 15 is 0 Å². The van der Waals surface area contributed by atoms with Crippen LogP contribution in [0.15, 0.2) is 109 Å². The predicted octanol–water partition coefficient (Wildman–Crippen LogP) is 18.0. The van der Waals surface area contributed by atoms with E-state index < -0.39 is 6.10 Å². The number of rotatable bonds is 47. The molecule has 0 aliphatic carbocycles. The minimum absolute atomic E-state index is 0.0438. The van der Waals surface area contributed by atoms with Gasteiger partial charge in [-0.05, 0) is 89.9 Å². The summed E-state index contributed by atoms with van der Waals surface area (Å²) in [5.41, 5.74) is 0. The number of esters is 2. The maximum absolute atomic E-state index is 12.8. The van der Waals surface area contributed by atoms with Gasteiger partial charge in [-0.1, -0.05) is 233 Å². The molecule has 0 aromatic rings. The molecule has 0 saturated heterocycles. The SMILES string of the molecule is CC/C=C\C/C=C\C/C=C\C/C=C\C/C=C\CCOCC(COC(=O)CCCCCCCC/C=C\C/C=C\C/C=C\C/C=C\CC)OC(=O)CCCCCCCCCCCCCCC. The lowest BCUT2D eigenvalue weighted by Crippen LogP contribution is -2.30. The molecule has 0 amide bonds. The zero-order chi connectivity index (χ0) is 46.3. The molecule has 0 saturated carbocycles. The molecule has 0 bridgehead atoms. The number of ether oxygens (including phenoxy) is 3. The van der Waals surface area contributed by atoms with Gasteiger partial charge in [-0.2, -0.15) is 0 Å². The monoisotopic (exact) mass is 887 g/mol. The topological polar surface area (TPSA) is 61.8 Å². The van der Waals surface area contributed by atoms with Crippen molar-refractivity contribution in [2.75, 3.05) is 19.8 Å². The first-order valence-corrected chi connectivity index (χ1v) is 26.4. The summed E-state index contributed by atoms with van der Waals surface area (Å²) in [6, 6.07) is 0. The first-order valence-electron chi connectivity index (χ1n) is 26.4. The molecule has 0 radical (unpaired) electrons. The average molecular weight is 887 g/mol. The first-order chi connectivity index (χ1) is 31.6. The van der Waals surface area contributed by atoms with Crippen molar-refractivity contribution in [1.82, 2.24) is 0 Å². The van der Waals surface area contributed by atoms with E-state index in [0.29, 0.717) is 19.4 Å². The van der Waals surface area contributed by atoms with Crippen LogP contribution >= 0.6 is 0 Å². The van der Waals surface area contributed by atoms with Crippen molar-refractivity contribution in [2.45, 2.75) is 232 Å². The van der Waals surface area contributed by atoms with Crippen LogP contribution in [0.2, 0.25) is 0 Å². The minimum atomic E-state index is -0.586. The molecule has 0 aromatic heterocycles. The molecule has 0 heterocycles. The van der Waals surface area contributed by atoms with Crippen molar-refractivity contribution in [3.63, 3.8) is 0 Å². The first kappa shape index (κ1) is 60.6. The Morgan fingerprint density at radius 2 is 0.703 bits per heavy atom. The Morgan fingerprint density at radius 3 is 1.12 bits per heavy atom. The van der Waals surface area contributed by atoms with E-state index in [0.717, 1.165) is 109 Å². The lowest BCUT2D eigenvalue weighted by molar-refractivity contribution is -0.162. The summed E-state index contributed by atoms with van der Waals surface area (Å²) in [6.07, 6.45) is 74.0. The molecular formula is C59H98O5. The zero-order valence-corrected chi connectivity index (χ0v) is 41.8. The molecule has 1 atom stereocenters. The summed E-state index contributed by atoms with van der Waals surface area (Å²) < 4.78 is 17.3. The maximum Gasteiger partial charge on any atom is 0.306 e. The van der Waals surface area contributed by atoms with Gasteiger partial charge in [0.25, 0.3) is 0 Å². The van der Waals surface area contributed by atoms with Gasteiger partial charge >= 0.3 is 11.9 Å². The van der Waals surface area contributed by atoms with Crippen LogP contribution < -0.4 is 0 Å². The largest absolute Gasteiger partial charge is 0.462 e. The molecule has 64 heavy (non-hydrogen) atoms. The third-order valence-electron chi connectivity index (χ3n) is 10.8. The van der Waals surface area contributed by atoms with Crippen LogP contribution in [0, 0.1) is 0 Å². The van der Waals surface area contributed by atoms with E-state index in [1.807, 2.05) is 0 Å². The number of hydrogen-bond acceptors (Lipinski definition) is 5. The zero-order valence-electron chi connectivity index (χ0n) is 41.8. The molecule has 0 spiro atoms. The Morgan fingerprint density at radius 1 is 0.359 bits per heavy atom. The standard InChI is InChI=1S/C59H98O5/c1-4-7-10-13-16-19-22-25-27-29-30-31-32-35-37-40-43-46-49-52-58(60)63-56-57(64-59(61)53-50-47-44-41-38-34-24-21-18-15-12-9-6-3)55-62-54-51-48-45-42-39-36-33-28-26-23-20-17-14-11-8-5-2/h7-8,10-11,16-17,19-20,25-28,30-31,36,39,45,48,57H,4-6,9,12-15,18,21-24,29,32-35,37-38,40-44,46-47,49-56H2,1-3H3/b10-7-,11-8-,19-16-,20-17-,27-25-,28-26-,31-30-,39-36-,48-45-. The third-order valence-corrected chi connectivity index (χ3v) is 10.8. The van der Waals surface area contributed by atoms with Gasteiger partial charge in [-0.25, -0.2) is 0 Å². The minimum Gasteiger partial charge on any atom is -0.462 e. The molecule has 5 nitrogen and oxygen atoms in total. The smallest absolute Gasteiger partial charge is 0.306 e. The predicted molar refractivity (Wildman–Crippen MR) is 279 cm³/mol. The molecule has 1 unspecified atom stereocenters. The van der Waals surface area contributed by atoms with Crippen molar-refractivity contribution in [3.05, 3.63) is 109 Å². The Bertz CT molecular complexity index is 1280. The van der Waals surface area contributed by atoms with Gasteiger partial charge in [-0.15, -0.1) is 0 Å². The lowest BCUT2D eigenvalue weighted by Gasteiger charge is -2.18. The fourth-order valence-electron chi connectivity index (χ4n) is 6.98. The van der Waals surface area contributed by atoms with E-state index in [9.17, 15) is 9.59 Å². The lowest BCUT2D eigenvalue weighted by atomic mass is 10.0. The number of carbonyl (C=O) groups excluding carboxylic acids is 2. The molecular weight excluding hydrogens is 789 g/mol. The quantitative estimate of drug-likeness (QED) is 0.0346. The van der Waals surface area contributed by atoms with E-state index in [2.05, 4.69) is 130 Å². The molecule has 0 rings (SSSR count). The average Bonchev–Trinajstić information content (AvgIpc) is 3.30. The second-order valence-electron chi connectivity index (χ2n) is 17.0. The number of hydrogen-bond donors (Lipinski definition) is 0. The van der Waals surface area contributed by atoms with Crippen LogP contribution in [-0.2, 0) is 23.8 Å². The van der Waals surface area contributed by atoms with Crippen LogP contribution in [0.4, 0.5) is 0 Å². The normalized spacial score (nSPS) is 13.1. The number of allylic oxidation sites excluding steroid dienone is 17. The fraction of sp³-hybridized carbons (Fsp3) is 0.661. The van der Waals surface area contributed by atoms with Crippen molar-refractivity contribution in [1.29, 1.82) is 0 Å². The molecule has 5 heteroatoms.